The zero-order chi connectivity index (χ0) is 23.9. The number of piperazine rings is 1. The van der Waals surface area contributed by atoms with Crippen LogP contribution in [0.15, 0.2) is 47.6 Å². The van der Waals surface area contributed by atoms with E-state index in [0.717, 1.165) is 62.4 Å². The lowest BCUT2D eigenvalue weighted by Crippen LogP contribution is -2.51. The summed E-state index contributed by atoms with van der Waals surface area (Å²) in [6, 6.07) is 4.88. The smallest absolute Gasteiger partial charge is 0.244 e. The van der Waals surface area contributed by atoms with Gasteiger partial charge >= 0.3 is 0 Å². The van der Waals surface area contributed by atoms with Gasteiger partial charge in [0.1, 0.15) is 24.0 Å². The third-order valence-corrected chi connectivity index (χ3v) is 6.29. The highest BCUT2D eigenvalue weighted by Crippen LogP contribution is 2.20. The number of hydrogen-bond donors (Lipinski definition) is 0. The van der Waals surface area contributed by atoms with Crippen LogP contribution in [0.4, 0.5) is 4.39 Å². The van der Waals surface area contributed by atoms with Gasteiger partial charge in [0.05, 0.1) is 0 Å². The summed E-state index contributed by atoms with van der Waals surface area (Å²) in [4.78, 5) is 26.6. The number of unbranched alkanes of at least 4 members (excludes halogenated alkanes) is 1. The van der Waals surface area contributed by atoms with Crippen molar-refractivity contribution >= 4 is 11.7 Å². The van der Waals surface area contributed by atoms with Crippen LogP contribution in [0.1, 0.15) is 44.0 Å². The Bertz CT molecular complexity index is 1090. The van der Waals surface area contributed by atoms with E-state index >= 15 is 0 Å². The second-order valence-corrected chi connectivity index (χ2v) is 8.80. The summed E-state index contributed by atoms with van der Waals surface area (Å²) in [6.07, 6.45) is 12.6. The van der Waals surface area contributed by atoms with Crippen LogP contribution in [0.2, 0.25) is 0 Å². The van der Waals surface area contributed by atoms with Crippen LogP contribution in [-0.2, 0) is 17.8 Å². The molecule has 8 heteroatoms. The minimum atomic E-state index is -0.249. The number of benzene rings is 1. The predicted octanol–water partition coefficient (Wildman–Crippen LogP) is 4.14. The molecular weight excluding hydrogens is 431 g/mol. The van der Waals surface area contributed by atoms with Gasteiger partial charge in [0, 0.05) is 50.8 Å². The van der Waals surface area contributed by atoms with Gasteiger partial charge in [-0.05, 0) is 49.6 Å². The van der Waals surface area contributed by atoms with Crippen molar-refractivity contribution in [1.82, 2.24) is 24.6 Å². The van der Waals surface area contributed by atoms with E-state index in [0.29, 0.717) is 24.5 Å². The lowest BCUT2D eigenvalue weighted by atomic mass is 10.1. The van der Waals surface area contributed by atoms with E-state index in [1.165, 1.54) is 6.07 Å². The average molecular weight is 465 g/mol. The summed E-state index contributed by atoms with van der Waals surface area (Å²) in [5.74, 6) is 2.23. The molecule has 1 fully saturated rings. The molecule has 0 bridgehead atoms. The quantitative estimate of drug-likeness (QED) is 0.644. The standard InChI is InChI=1S/C26H33FN6O/c1-3-4-9-24-29-26(21-11-12-22(27)20(2)18-21)30-33(24)19-25(34)32-16-14-31(15-17-32)23-10-7-5-6-8-13-28-23/h5-6,8,11-13,18H,3-4,7,9-10,14-17,19H2,1-2H3. The fraction of sp³-hybridized carbons (Fsp3) is 0.462. The highest BCUT2D eigenvalue weighted by molar-refractivity contribution is 5.83. The molecule has 7 nitrogen and oxygen atoms in total. The Morgan fingerprint density at radius 1 is 1.15 bits per heavy atom. The van der Waals surface area contributed by atoms with Crippen LogP contribution in [0.5, 0.6) is 0 Å². The van der Waals surface area contributed by atoms with Crippen molar-refractivity contribution in [2.24, 2.45) is 4.99 Å². The van der Waals surface area contributed by atoms with Crippen molar-refractivity contribution in [2.45, 2.75) is 52.5 Å². The molecule has 1 amide bonds. The van der Waals surface area contributed by atoms with Crippen molar-refractivity contribution in [3.05, 3.63) is 59.8 Å². The number of carbonyl (C=O) groups excluding carboxylic acids is 1. The second-order valence-electron chi connectivity index (χ2n) is 8.80. The number of aromatic nitrogens is 3. The number of aliphatic imine (C=N–C) groups is 1. The molecule has 3 heterocycles. The topological polar surface area (TPSA) is 66.6 Å². The zero-order valence-corrected chi connectivity index (χ0v) is 20.1. The third kappa shape index (κ3) is 5.79. The SMILES string of the molecule is CCCCc1nc(-c2ccc(F)c(C)c2)nn1CC(=O)N1CCN(C2=NC=CC=CCC2)CC1. The molecule has 2 aromatic rings. The molecule has 2 aliphatic rings. The number of allylic oxidation sites excluding steroid dienone is 3. The average Bonchev–Trinajstić information content (AvgIpc) is 3.22. The number of amidine groups is 1. The molecule has 1 saturated heterocycles. The van der Waals surface area contributed by atoms with Gasteiger partial charge in [-0.25, -0.2) is 19.0 Å². The van der Waals surface area contributed by atoms with Gasteiger partial charge in [0.15, 0.2) is 5.82 Å². The fourth-order valence-electron chi connectivity index (χ4n) is 4.24. The maximum atomic E-state index is 13.7. The van der Waals surface area contributed by atoms with Crippen LogP contribution < -0.4 is 0 Å². The van der Waals surface area contributed by atoms with E-state index in [1.807, 2.05) is 23.3 Å². The molecule has 0 spiro atoms. The van der Waals surface area contributed by atoms with E-state index < -0.39 is 0 Å². The first-order valence-electron chi connectivity index (χ1n) is 12.2. The molecule has 0 N–H and O–H groups in total. The Balaban J connectivity index is 1.42. The van der Waals surface area contributed by atoms with Gasteiger partial charge in [-0.2, -0.15) is 5.10 Å². The highest BCUT2D eigenvalue weighted by Gasteiger charge is 2.24. The molecule has 180 valence electrons. The van der Waals surface area contributed by atoms with Crippen molar-refractivity contribution in [3.8, 4) is 11.4 Å². The molecule has 1 aromatic carbocycles. The molecule has 0 atom stereocenters. The number of rotatable bonds is 6. The van der Waals surface area contributed by atoms with Crippen LogP contribution in [0, 0.1) is 12.7 Å². The number of amides is 1. The molecule has 0 radical (unpaired) electrons. The molecule has 1 aromatic heterocycles. The minimum absolute atomic E-state index is 0.0477. The van der Waals surface area contributed by atoms with Crippen molar-refractivity contribution < 1.29 is 9.18 Å². The van der Waals surface area contributed by atoms with Crippen LogP contribution >= 0.6 is 0 Å². The molecule has 4 rings (SSSR count). The normalized spacial score (nSPS) is 16.4. The van der Waals surface area contributed by atoms with Crippen molar-refractivity contribution in [2.75, 3.05) is 26.2 Å². The summed E-state index contributed by atoms with van der Waals surface area (Å²) >= 11 is 0. The van der Waals surface area contributed by atoms with E-state index in [2.05, 4.69) is 28.0 Å². The lowest BCUT2D eigenvalue weighted by molar-refractivity contribution is -0.133. The number of carbonyl (C=O) groups is 1. The Morgan fingerprint density at radius 2 is 1.97 bits per heavy atom. The molecule has 34 heavy (non-hydrogen) atoms. The summed E-state index contributed by atoms with van der Waals surface area (Å²) in [6.45, 7) is 6.92. The van der Waals surface area contributed by atoms with Gasteiger partial charge in [0.25, 0.3) is 0 Å². The number of nitrogens with zero attached hydrogens (tertiary/aromatic N) is 6. The Kier molecular flexibility index (Phi) is 7.87. The largest absolute Gasteiger partial charge is 0.357 e. The van der Waals surface area contributed by atoms with Gasteiger partial charge < -0.3 is 9.80 Å². The van der Waals surface area contributed by atoms with Crippen molar-refractivity contribution in [1.29, 1.82) is 0 Å². The summed E-state index contributed by atoms with van der Waals surface area (Å²) in [5.41, 5.74) is 1.32. The van der Waals surface area contributed by atoms with E-state index in [4.69, 9.17) is 4.98 Å². The molecule has 0 aliphatic carbocycles. The van der Waals surface area contributed by atoms with E-state index in [1.54, 1.807) is 23.7 Å². The Labute approximate surface area is 200 Å². The monoisotopic (exact) mass is 464 g/mol. The van der Waals surface area contributed by atoms with Gasteiger partial charge in [-0.1, -0.05) is 25.5 Å². The number of hydrogen-bond acceptors (Lipinski definition) is 5. The highest BCUT2D eigenvalue weighted by atomic mass is 19.1. The van der Waals surface area contributed by atoms with E-state index in [-0.39, 0.29) is 18.3 Å². The third-order valence-electron chi connectivity index (χ3n) is 6.29. The van der Waals surface area contributed by atoms with Crippen LogP contribution in [0.25, 0.3) is 11.4 Å². The van der Waals surface area contributed by atoms with Gasteiger partial charge in [0.2, 0.25) is 5.91 Å². The van der Waals surface area contributed by atoms with Crippen LogP contribution in [-0.4, -0.2) is 62.5 Å². The molecule has 2 aliphatic heterocycles. The summed E-state index contributed by atoms with van der Waals surface area (Å²) < 4.78 is 15.4. The zero-order valence-electron chi connectivity index (χ0n) is 20.1. The minimum Gasteiger partial charge on any atom is -0.357 e. The van der Waals surface area contributed by atoms with Gasteiger partial charge in [-0.3, -0.25) is 4.79 Å². The lowest BCUT2D eigenvalue weighted by Gasteiger charge is -2.36. The maximum Gasteiger partial charge on any atom is 0.244 e. The molecule has 0 saturated carbocycles. The first-order chi connectivity index (χ1) is 16.5. The summed E-state index contributed by atoms with van der Waals surface area (Å²) in [5, 5.41) is 4.64. The first kappa shape index (κ1) is 23.9. The first-order valence-corrected chi connectivity index (χ1v) is 12.2. The van der Waals surface area contributed by atoms with Crippen molar-refractivity contribution in [3.63, 3.8) is 0 Å². The molecular formula is C26H33FN6O. The molecule has 0 unspecified atom stereocenters. The maximum absolute atomic E-state index is 13.7. The Morgan fingerprint density at radius 3 is 2.74 bits per heavy atom. The van der Waals surface area contributed by atoms with Gasteiger partial charge in [-0.15, -0.1) is 0 Å². The second kappa shape index (κ2) is 11.2. The summed E-state index contributed by atoms with van der Waals surface area (Å²) in [7, 11) is 0. The Hall–Kier alpha value is -3.29. The van der Waals surface area contributed by atoms with E-state index in [9.17, 15) is 9.18 Å². The predicted molar refractivity (Wildman–Crippen MR) is 132 cm³/mol. The number of halogens is 1. The fourth-order valence-corrected chi connectivity index (χ4v) is 4.24. The number of aryl methyl sites for hydroxylation is 2. The van der Waals surface area contributed by atoms with Crippen LogP contribution in [0.3, 0.4) is 0 Å².